The maximum Gasteiger partial charge on any atom is 0.433 e. The van der Waals surface area contributed by atoms with E-state index >= 15 is 0 Å². The van der Waals surface area contributed by atoms with Gasteiger partial charge in [0.15, 0.2) is 10.8 Å². The Bertz CT molecular complexity index is 581. The third kappa shape index (κ3) is 3.20. The predicted molar refractivity (Wildman–Crippen MR) is 75.6 cm³/mol. The van der Waals surface area contributed by atoms with Gasteiger partial charge in [0.1, 0.15) is 9.93 Å². The van der Waals surface area contributed by atoms with Gasteiger partial charge < -0.3 is 9.73 Å². The zero-order valence-electron chi connectivity index (χ0n) is 11.3. The summed E-state index contributed by atoms with van der Waals surface area (Å²) in [4.78, 5) is 10.0. The lowest BCUT2D eigenvalue weighted by Gasteiger charge is -2.12. The minimum Gasteiger partial charge on any atom is -0.398 e. The van der Waals surface area contributed by atoms with E-state index in [2.05, 4.69) is 29.4 Å². The van der Waals surface area contributed by atoms with E-state index in [0.29, 0.717) is 10.8 Å². The van der Waals surface area contributed by atoms with E-state index in [4.69, 9.17) is 4.42 Å². The molecule has 2 aromatic rings. The quantitative estimate of drug-likeness (QED) is 0.623. The summed E-state index contributed by atoms with van der Waals surface area (Å²) in [6.45, 7) is 5.10. The molecule has 0 bridgehead atoms. The molecule has 2 heterocycles. The first-order valence-electron chi connectivity index (χ1n) is 6.47. The number of aromatic nitrogens is 2. The molecule has 1 N–H and O–H groups in total. The average molecular weight is 296 g/mol. The van der Waals surface area contributed by atoms with E-state index < -0.39 is 4.92 Å². The van der Waals surface area contributed by atoms with Crippen LogP contribution in [0.4, 0.5) is 5.88 Å². The second-order valence-electron chi connectivity index (χ2n) is 4.26. The van der Waals surface area contributed by atoms with Crippen LogP contribution in [0.5, 0.6) is 0 Å². The number of nitrogens with zero attached hydrogens (tertiary/aromatic N) is 3. The molecule has 0 aromatic carbocycles. The highest BCUT2D eigenvalue weighted by atomic mass is 32.1. The van der Waals surface area contributed by atoms with Crippen molar-refractivity contribution in [3.63, 3.8) is 0 Å². The topological polar surface area (TPSA) is 94.1 Å². The van der Waals surface area contributed by atoms with Gasteiger partial charge >= 0.3 is 5.88 Å². The SMILES string of the molecule is CCCNC(CC)c1nnc(-c2ccc([N+](=O)[O-])o2)s1. The molecule has 2 aromatic heterocycles. The van der Waals surface area contributed by atoms with Crippen molar-refractivity contribution >= 4 is 17.2 Å². The maximum absolute atomic E-state index is 10.6. The summed E-state index contributed by atoms with van der Waals surface area (Å²) in [6, 6.07) is 3.03. The fraction of sp³-hybridized carbons (Fsp3) is 0.500. The van der Waals surface area contributed by atoms with E-state index in [9.17, 15) is 10.1 Å². The van der Waals surface area contributed by atoms with Gasteiger partial charge in [0.2, 0.25) is 0 Å². The van der Waals surface area contributed by atoms with Crippen molar-refractivity contribution in [3.8, 4) is 10.8 Å². The average Bonchev–Trinajstić information content (AvgIpc) is 3.08. The van der Waals surface area contributed by atoms with Crippen LogP contribution in [0.3, 0.4) is 0 Å². The monoisotopic (exact) mass is 296 g/mol. The lowest BCUT2D eigenvalue weighted by Crippen LogP contribution is -2.21. The molecule has 2 rings (SSSR count). The molecule has 0 aliphatic heterocycles. The first kappa shape index (κ1) is 14.6. The van der Waals surface area contributed by atoms with Crippen LogP contribution in [0.15, 0.2) is 16.5 Å². The van der Waals surface area contributed by atoms with Crippen LogP contribution < -0.4 is 5.32 Å². The highest BCUT2D eigenvalue weighted by Gasteiger charge is 2.19. The Kier molecular flexibility index (Phi) is 4.80. The molecule has 0 amide bonds. The Balaban J connectivity index is 2.16. The van der Waals surface area contributed by atoms with E-state index in [0.717, 1.165) is 24.4 Å². The Morgan fingerprint density at radius 1 is 1.45 bits per heavy atom. The lowest BCUT2D eigenvalue weighted by atomic mass is 10.2. The maximum atomic E-state index is 10.6. The zero-order chi connectivity index (χ0) is 14.5. The minimum absolute atomic E-state index is 0.158. The largest absolute Gasteiger partial charge is 0.433 e. The van der Waals surface area contributed by atoms with E-state index in [1.54, 1.807) is 6.07 Å². The third-order valence-corrected chi connectivity index (χ3v) is 3.82. The van der Waals surface area contributed by atoms with Gasteiger partial charge in [0.05, 0.1) is 12.1 Å². The Hall–Kier alpha value is -1.80. The van der Waals surface area contributed by atoms with Gasteiger partial charge in [-0.15, -0.1) is 10.2 Å². The summed E-state index contributed by atoms with van der Waals surface area (Å²) in [5, 5.41) is 23.6. The summed E-state index contributed by atoms with van der Waals surface area (Å²) in [7, 11) is 0. The van der Waals surface area contributed by atoms with Gasteiger partial charge in [0.25, 0.3) is 0 Å². The van der Waals surface area contributed by atoms with Gasteiger partial charge in [-0.2, -0.15) is 0 Å². The summed E-state index contributed by atoms with van der Waals surface area (Å²) in [5.41, 5.74) is 0. The Labute approximate surface area is 120 Å². The smallest absolute Gasteiger partial charge is 0.398 e. The Morgan fingerprint density at radius 2 is 2.25 bits per heavy atom. The molecule has 0 spiro atoms. The number of nitro groups is 1. The highest BCUT2D eigenvalue weighted by Crippen LogP contribution is 2.31. The normalized spacial score (nSPS) is 12.5. The van der Waals surface area contributed by atoms with Gasteiger partial charge in [-0.3, -0.25) is 10.1 Å². The van der Waals surface area contributed by atoms with Crippen LogP contribution in [0.25, 0.3) is 10.8 Å². The van der Waals surface area contributed by atoms with E-state index in [-0.39, 0.29) is 11.9 Å². The van der Waals surface area contributed by atoms with Gasteiger partial charge in [-0.1, -0.05) is 25.2 Å². The van der Waals surface area contributed by atoms with Crippen molar-refractivity contribution in [1.82, 2.24) is 15.5 Å². The van der Waals surface area contributed by atoms with Crippen molar-refractivity contribution in [2.45, 2.75) is 32.7 Å². The lowest BCUT2D eigenvalue weighted by molar-refractivity contribution is -0.401. The van der Waals surface area contributed by atoms with Crippen molar-refractivity contribution in [1.29, 1.82) is 0 Å². The van der Waals surface area contributed by atoms with Gasteiger partial charge in [0, 0.05) is 0 Å². The second kappa shape index (κ2) is 6.58. The van der Waals surface area contributed by atoms with Gasteiger partial charge in [-0.05, 0) is 25.5 Å². The summed E-state index contributed by atoms with van der Waals surface area (Å²) in [6.07, 6.45) is 1.96. The molecule has 108 valence electrons. The molecule has 0 fully saturated rings. The van der Waals surface area contributed by atoms with Crippen molar-refractivity contribution < 1.29 is 9.34 Å². The number of hydrogen-bond donors (Lipinski definition) is 1. The zero-order valence-corrected chi connectivity index (χ0v) is 12.1. The minimum atomic E-state index is -0.566. The van der Waals surface area contributed by atoms with Crippen LogP contribution in [0.1, 0.15) is 37.7 Å². The number of nitrogens with one attached hydrogen (secondary N) is 1. The first-order valence-corrected chi connectivity index (χ1v) is 7.28. The molecule has 8 heteroatoms. The van der Waals surface area contributed by atoms with E-state index in [1.807, 2.05) is 0 Å². The van der Waals surface area contributed by atoms with Crippen LogP contribution in [-0.4, -0.2) is 21.7 Å². The number of hydrogen-bond acceptors (Lipinski definition) is 7. The van der Waals surface area contributed by atoms with E-state index in [1.165, 1.54) is 17.4 Å². The fourth-order valence-electron chi connectivity index (χ4n) is 1.74. The fourth-order valence-corrected chi connectivity index (χ4v) is 2.70. The summed E-state index contributed by atoms with van der Waals surface area (Å²) < 4.78 is 5.13. The molecular formula is C12H16N4O3S. The Morgan fingerprint density at radius 3 is 2.85 bits per heavy atom. The molecule has 0 aliphatic carbocycles. The van der Waals surface area contributed by atoms with Gasteiger partial charge in [-0.25, -0.2) is 0 Å². The molecule has 0 radical (unpaired) electrons. The molecule has 7 nitrogen and oxygen atoms in total. The molecular weight excluding hydrogens is 280 g/mol. The second-order valence-corrected chi connectivity index (χ2v) is 5.26. The summed E-state index contributed by atoms with van der Waals surface area (Å²) in [5.74, 6) is 0.0960. The molecule has 0 saturated heterocycles. The number of rotatable bonds is 7. The molecule has 20 heavy (non-hydrogen) atoms. The van der Waals surface area contributed by atoms with Crippen molar-refractivity contribution in [2.75, 3.05) is 6.54 Å². The van der Waals surface area contributed by atoms with Crippen molar-refractivity contribution in [2.24, 2.45) is 0 Å². The van der Waals surface area contributed by atoms with Crippen LogP contribution in [0.2, 0.25) is 0 Å². The highest BCUT2D eigenvalue weighted by molar-refractivity contribution is 7.14. The van der Waals surface area contributed by atoms with Crippen LogP contribution in [0, 0.1) is 10.1 Å². The van der Waals surface area contributed by atoms with Crippen LogP contribution >= 0.6 is 11.3 Å². The third-order valence-electron chi connectivity index (χ3n) is 2.77. The summed E-state index contributed by atoms with van der Waals surface area (Å²) >= 11 is 1.39. The number of furan rings is 1. The van der Waals surface area contributed by atoms with Crippen LogP contribution in [-0.2, 0) is 0 Å². The molecule has 0 aliphatic rings. The molecule has 0 saturated carbocycles. The predicted octanol–water partition coefficient (Wildman–Crippen LogP) is 3.16. The molecule has 1 unspecified atom stereocenters. The standard InChI is InChI=1S/C12H16N4O3S/c1-3-7-13-8(4-2)11-14-15-12(20-11)9-5-6-10(19-9)16(17)18/h5-6,8,13H,3-4,7H2,1-2H3. The van der Waals surface area contributed by atoms with Crippen molar-refractivity contribution in [3.05, 3.63) is 27.3 Å². The molecule has 1 atom stereocenters. The first-order chi connectivity index (χ1) is 9.65.